The molecule has 2 saturated heterocycles. The maximum absolute atomic E-state index is 12.5. The Kier molecular flexibility index (Phi) is 8.26. The summed E-state index contributed by atoms with van der Waals surface area (Å²) in [5, 5.41) is 10.7. The summed E-state index contributed by atoms with van der Waals surface area (Å²) in [6.45, 7) is 10.4. The Balaban J connectivity index is 2.02. The van der Waals surface area contributed by atoms with Crippen molar-refractivity contribution in [3.05, 3.63) is 0 Å². The average molecular weight is 440 g/mol. The molecule has 11 heteroatoms. The number of hydrogen-bond acceptors (Lipinski definition) is 9. The molecule has 0 spiro atoms. The molecule has 170 valence electrons. The van der Waals surface area contributed by atoms with Crippen LogP contribution >= 0.6 is 7.82 Å². The minimum Gasteiger partial charge on any atom is -0.373 e. The third-order valence-corrected chi connectivity index (χ3v) is 5.44. The lowest BCUT2D eigenvalue weighted by Crippen LogP contribution is -2.45. The summed E-state index contributed by atoms with van der Waals surface area (Å²) in [5.41, 5.74) is 0. The van der Waals surface area contributed by atoms with Crippen molar-refractivity contribution in [1.82, 2.24) is 0 Å². The van der Waals surface area contributed by atoms with E-state index >= 15 is 0 Å². The van der Waals surface area contributed by atoms with Crippen LogP contribution in [0.3, 0.4) is 0 Å². The van der Waals surface area contributed by atoms with Crippen molar-refractivity contribution in [1.29, 1.82) is 0 Å². The van der Waals surface area contributed by atoms with Gasteiger partial charge in [0.05, 0.1) is 30.5 Å². The second-order valence-electron chi connectivity index (χ2n) is 8.17. The van der Waals surface area contributed by atoms with Crippen molar-refractivity contribution in [2.75, 3.05) is 6.61 Å². The smallest absolute Gasteiger partial charge is 0.373 e. The summed E-state index contributed by atoms with van der Waals surface area (Å²) in [6, 6.07) is 0. The molecule has 0 radical (unpaired) electrons. The van der Waals surface area contributed by atoms with Gasteiger partial charge in [0.1, 0.15) is 12.7 Å². The van der Waals surface area contributed by atoms with E-state index in [1.54, 1.807) is 27.7 Å². The molecule has 2 aliphatic heterocycles. The Morgan fingerprint density at radius 3 is 2.41 bits per heavy atom. The summed E-state index contributed by atoms with van der Waals surface area (Å²) < 4.78 is 44.3. The van der Waals surface area contributed by atoms with Crippen LogP contribution in [-0.2, 0) is 37.4 Å². The van der Waals surface area contributed by atoms with Gasteiger partial charge in [-0.1, -0.05) is 0 Å². The van der Waals surface area contributed by atoms with Crippen molar-refractivity contribution in [2.24, 2.45) is 0 Å². The summed E-state index contributed by atoms with van der Waals surface area (Å²) in [5.74, 6) is -2.99. The molecule has 0 aromatic heterocycles. The van der Waals surface area contributed by atoms with Gasteiger partial charge in [-0.25, -0.2) is 9.36 Å². The highest BCUT2D eigenvalue weighted by molar-refractivity contribution is 7.48. The Bertz CT molecular complexity index is 611. The van der Waals surface area contributed by atoms with E-state index in [0.29, 0.717) is 6.42 Å². The van der Waals surface area contributed by atoms with Crippen LogP contribution in [-0.4, -0.2) is 71.1 Å². The molecule has 2 fully saturated rings. The van der Waals surface area contributed by atoms with Crippen molar-refractivity contribution < 1.29 is 47.4 Å². The molecule has 0 aromatic rings. The molecule has 0 saturated carbocycles. The molecule has 2 rings (SSSR count). The van der Waals surface area contributed by atoms with Crippen LogP contribution in [0.15, 0.2) is 0 Å². The van der Waals surface area contributed by atoms with E-state index in [0.717, 1.165) is 0 Å². The maximum Gasteiger partial charge on any atom is 0.530 e. The number of phosphoric acid groups is 1. The fourth-order valence-corrected chi connectivity index (χ4v) is 4.32. The highest BCUT2D eigenvalue weighted by atomic mass is 31.2. The number of carbonyl (C=O) groups is 1. The van der Waals surface area contributed by atoms with Crippen molar-refractivity contribution in [3.8, 4) is 0 Å². The molecule has 0 aromatic carbocycles. The van der Waals surface area contributed by atoms with Crippen molar-refractivity contribution in [2.45, 2.75) is 103 Å². The molecule has 7 atom stereocenters. The Morgan fingerprint density at radius 2 is 1.83 bits per heavy atom. The number of aliphatic hydroxyl groups is 1. The molecule has 29 heavy (non-hydrogen) atoms. The molecule has 0 bridgehead atoms. The highest BCUT2D eigenvalue weighted by Gasteiger charge is 2.52. The number of phosphoric ester groups is 1. The zero-order valence-corrected chi connectivity index (χ0v) is 18.7. The van der Waals surface area contributed by atoms with Gasteiger partial charge in [-0.15, -0.1) is 0 Å². The van der Waals surface area contributed by atoms with E-state index in [1.165, 1.54) is 0 Å². The van der Waals surface area contributed by atoms with E-state index in [-0.39, 0.29) is 31.3 Å². The first-order chi connectivity index (χ1) is 13.3. The summed E-state index contributed by atoms with van der Waals surface area (Å²) in [4.78, 5) is 22.6. The SMILES string of the molecule is CC(C)OC[C@@]1(O)O[C@@H](C)CC1OP(=O)(O)OC(=O)[C@H]1O[C@@H](C)CC1OC(C)C. The summed E-state index contributed by atoms with van der Waals surface area (Å²) in [7, 11) is -4.87. The highest BCUT2D eigenvalue weighted by Crippen LogP contribution is 2.50. The monoisotopic (exact) mass is 440 g/mol. The minimum absolute atomic E-state index is 0.121. The van der Waals surface area contributed by atoms with E-state index in [2.05, 4.69) is 0 Å². The van der Waals surface area contributed by atoms with Crippen LogP contribution in [0.5, 0.6) is 0 Å². The van der Waals surface area contributed by atoms with Crippen molar-refractivity contribution >= 4 is 13.8 Å². The molecule has 2 N–H and O–H groups in total. The van der Waals surface area contributed by atoms with Gasteiger partial charge in [-0.3, -0.25) is 9.42 Å². The lowest BCUT2D eigenvalue weighted by molar-refractivity contribution is -0.252. The van der Waals surface area contributed by atoms with Crippen molar-refractivity contribution in [3.63, 3.8) is 0 Å². The Hall–Kier alpha value is -0.580. The summed E-state index contributed by atoms with van der Waals surface area (Å²) >= 11 is 0. The molecule has 0 aliphatic carbocycles. The second-order valence-corrected chi connectivity index (χ2v) is 9.50. The molecule has 3 unspecified atom stereocenters. The quantitative estimate of drug-likeness (QED) is 0.513. The third-order valence-electron chi connectivity index (χ3n) is 4.50. The molecular formula is C18H33O10P. The Labute approximate surface area is 171 Å². The van der Waals surface area contributed by atoms with Gasteiger partial charge in [0.15, 0.2) is 6.10 Å². The second kappa shape index (κ2) is 9.70. The normalized spacial score (nSPS) is 37.2. The maximum atomic E-state index is 12.5. The van der Waals surface area contributed by atoms with Crippen LogP contribution in [0.1, 0.15) is 54.4 Å². The largest absolute Gasteiger partial charge is 0.530 e. The van der Waals surface area contributed by atoms with Gasteiger partial charge >= 0.3 is 13.8 Å². The lowest BCUT2D eigenvalue weighted by Gasteiger charge is -2.30. The molecule has 2 aliphatic rings. The number of rotatable bonds is 9. The van der Waals surface area contributed by atoms with Gasteiger partial charge in [-0.05, 0) is 41.5 Å². The minimum atomic E-state index is -4.87. The average Bonchev–Trinajstić information content (AvgIpc) is 3.03. The molecule has 0 amide bonds. The van der Waals surface area contributed by atoms with E-state index < -0.39 is 44.0 Å². The molecule has 2 heterocycles. The van der Waals surface area contributed by atoms with Crippen LogP contribution in [0.25, 0.3) is 0 Å². The van der Waals surface area contributed by atoms with Gasteiger partial charge < -0.3 is 28.6 Å². The van der Waals surface area contributed by atoms with Crippen LogP contribution in [0.4, 0.5) is 0 Å². The van der Waals surface area contributed by atoms with Crippen LogP contribution in [0, 0.1) is 0 Å². The first-order valence-corrected chi connectivity index (χ1v) is 11.4. The summed E-state index contributed by atoms with van der Waals surface area (Å²) in [6.07, 6.45) is -3.44. The van der Waals surface area contributed by atoms with Crippen LogP contribution in [0.2, 0.25) is 0 Å². The van der Waals surface area contributed by atoms with E-state index in [9.17, 15) is 19.4 Å². The number of carbonyl (C=O) groups excluding carboxylic acids is 1. The first kappa shape index (κ1) is 24.7. The number of ether oxygens (including phenoxy) is 4. The topological polar surface area (TPSA) is 130 Å². The third kappa shape index (κ3) is 6.97. The van der Waals surface area contributed by atoms with E-state index in [4.69, 9.17) is 28.0 Å². The molecule has 10 nitrogen and oxygen atoms in total. The van der Waals surface area contributed by atoms with Crippen LogP contribution < -0.4 is 0 Å². The zero-order valence-electron chi connectivity index (χ0n) is 17.8. The predicted octanol–water partition coefficient (Wildman–Crippen LogP) is 1.91. The van der Waals surface area contributed by atoms with Gasteiger partial charge in [-0.2, -0.15) is 0 Å². The Morgan fingerprint density at radius 1 is 1.17 bits per heavy atom. The predicted molar refractivity (Wildman–Crippen MR) is 101 cm³/mol. The van der Waals surface area contributed by atoms with Gasteiger partial charge in [0.25, 0.3) is 0 Å². The van der Waals surface area contributed by atoms with Gasteiger partial charge in [0, 0.05) is 12.8 Å². The molecular weight excluding hydrogens is 407 g/mol. The van der Waals surface area contributed by atoms with E-state index in [1.807, 2.05) is 13.8 Å². The number of hydrogen-bond donors (Lipinski definition) is 2. The zero-order chi connectivity index (χ0) is 22.0. The van der Waals surface area contributed by atoms with Gasteiger partial charge in [0.2, 0.25) is 5.79 Å². The fraction of sp³-hybridized carbons (Fsp3) is 0.944. The first-order valence-electron chi connectivity index (χ1n) is 9.88. The fourth-order valence-electron chi connectivity index (χ4n) is 3.37. The lowest BCUT2D eigenvalue weighted by atomic mass is 10.1. The standard InChI is InChI=1S/C18H33O10P/c1-10(2)23-9-18(20)15(8-13(6)26-18)27-29(21,22)28-17(19)16-14(24-11(3)4)7-12(5)25-16/h10-16,20H,7-9H2,1-6H3,(H,21,22)/t12-,13-,14?,15?,16-,18+/m0/s1.